The Labute approximate surface area is 199 Å². The Morgan fingerprint density at radius 1 is 0.941 bits per heavy atom. The summed E-state index contributed by atoms with van der Waals surface area (Å²) in [6, 6.07) is -0.254. The maximum Gasteiger partial charge on any atom is 0.120 e. The van der Waals surface area contributed by atoms with E-state index in [0.717, 1.165) is 0 Å². The Bertz CT molecular complexity index is 862. The summed E-state index contributed by atoms with van der Waals surface area (Å²) in [5, 5.41) is 58.9. The molecule has 1 saturated heterocycles. The molecule has 5 saturated carbocycles. The first kappa shape index (κ1) is 24.0. The fourth-order valence-corrected chi connectivity index (χ4v) is 10.9. The number of nitrogens with zero attached hydrogens (tertiary/aromatic N) is 1. The van der Waals surface area contributed by atoms with Gasteiger partial charge in [0.1, 0.15) is 23.4 Å². The van der Waals surface area contributed by atoms with Crippen LogP contribution in [0.3, 0.4) is 0 Å². The first-order valence-electron chi connectivity index (χ1n) is 12.3. The summed E-state index contributed by atoms with van der Waals surface area (Å²) in [5.41, 5.74) is -4.81. The molecule has 2 unspecified atom stereocenters. The standard InChI is InChI=1S/C24H39NO9/c1-25-8-21(9-31-2)11(26)6-12(32-3)23-10-7-22(29)18(27)13(10)24(30,19(28)20(22)34-5)14(17(23)25)15(33-4)16(21)23/h10-20,26-30H,6-9H2,1-5H3/t10-,11?,12+,13-,14+,15+,16-,17-,18-,19+,20+,21+,22?,23+,24-/m1/s1. The minimum Gasteiger partial charge on any atom is -0.392 e. The summed E-state index contributed by atoms with van der Waals surface area (Å²) >= 11 is 0. The lowest BCUT2D eigenvalue weighted by molar-refractivity contribution is -0.319. The van der Waals surface area contributed by atoms with Gasteiger partial charge in [0, 0.05) is 76.0 Å². The van der Waals surface area contributed by atoms with Gasteiger partial charge in [-0.15, -0.1) is 0 Å². The number of hydrogen-bond donors (Lipinski definition) is 5. The number of aliphatic hydroxyl groups excluding tert-OH is 3. The first-order chi connectivity index (χ1) is 16.1. The molecular weight excluding hydrogens is 446 g/mol. The topological polar surface area (TPSA) is 141 Å². The Morgan fingerprint density at radius 2 is 1.65 bits per heavy atom. The minimum atomic E-state index is -1.76. The minimum absolute atomic E-state index is 0.153. The predicted molar refractivity (Wildman–Crippen MR) is 117 cm³/mol. The fourth-order valence-electron chi connectivity index (χ4n) is 10.9. The van der Waals surface area contributed by atoms with Crippen molar-refractivity contribution in [3.05, 3.63) is 0 Å². The van der Waals surface area contributed by atoms with Crippen molar-refractivity contribution >= 4 is 0 Å². The average molecular weight is 486 g/mol. The highest BCUT2D eigenvalue weighted by atomic mass is 16.5. The van der Waals surface area contributed by atoms with Gasteiger partial charge < -0.3 is 49.4 Å². The third-order valence-electron chi connectivity index (χ3n) is 11.4. The SMILES string of the molecule is COC[C@]12CN(C)[C@@H]3[C@@H]4[C@H](OC)[C@H]1[C@@]3([C@@H](OC)CC2O)[C@@H]1CC2(O)[C@H](O)[C@@H]1[C@]4(O)[C@@H](O)[C@@H]2OC. The maximum absolute atomic E-state index is 12.5. The van der Waals surface area contributed by atoms with Crippen LogP contribution in [0.5, 0.6) is 0 Å². The van der Waals surface area contributed by atoms with Crippen LogP contribution in [0.15, 0.2) is 0 Å². The van der Waals surface area contributed by atoms with E-state index in [1.54, 1.807) is 21.3 Å². The maximum atomic E-state index is 12.5. The van der Waals surface area contributed by atoms with E-state index in [9.17, 15) is 25.5 Å². The van der Waals surface area contributed by atoms with E-state index in [2.05, 4.69) is 4.90 Å². The summed E-state index contributed by atoms with van der Waals surface area (Å²) in [7, 11) is 8.24. The van der Waals surface area contributed by atoms with E-state index in [4.69, 9.17) is 18.9 Å². The molecule has 5 aliphatic carbocycles. The molecule has 6 fully saturated rings. The summed E-state index contributed by atoms with van der Waals surface area (Å²) in [6.45, 7) is 0.836. The van der Waals surface area contributed by atoms with Gasteiger partial charge in [0.2, 0.25) is 0 Å². The van der Waals surface area contributed by atoms with Crippen molar-refractivity contribution in [2.24, 2.45) is 34.5 Å². The lowest BCUT2D eigenvalue weighted by Gasteiger charge is -2.69. The van der Waals surface area contributed by atoms with Gasteiger partial charge in [-0.05, 0) is 19.4 Å². The van der Waals surface area contributed by atoms with E-state index in [-0.39, 0.29) is 18.4 Å². The molecule has 10 heteroatoms. The molecular formula is C24H39NO9. The van der Waals surface area contributed by atoms with E-state index in [1.165, 1.54) is 7.11 Å². The van der Waals surface area contributed by atoms with Gasteiger partial charge in [-0.25, -0.2) is 0 Å². The number of ether oxygens (including phenoxy) is 4. The van der Waals surface area contributed by atoms with Crippen LogP contribution in [0.25, 0.3) is 0 Å². The van der Waals surface area contributed by atoms with Crippen LogP contribution >= 0.6 is 0 Å². The molecule has 0 aromatic heterocycles. The van der Waals surface area contributed by atoms with E-state index in [1.807, 2.05) is 7.05 Å². The molecule has 10 nitrogen and oxygen atoms in total. The van der Waals surface area contributed by atoms with E-state index < -0.39 is 76.4 Å². The van der Waals surface area contributed by atoms with Crippen molar-refractivity contribution in [1.29, 1.82) is 0 Å². The summed E-state index contributed by atoms with van der Waals surface area (Å²) in [4.78, 5) is 2.17. The Hall–Kier alpha value is -0.400. The zero-order valence-electron chi connectivity index (χ0n) is 20.5. The lowest BCUT2D eigenvalue weighted by Crippen LogP contribution is -2.80. The molecule has 5 N–H and O–H groups in total. The van der Waals surface area contributed by atoms with Crippen LogP contribution in [0, 0.1) is 34.5 Å². The van der Waals surface area contributed by atoms with Crippen molar-refractivity contribution < 1.29 is 44.5 Å². The van der Waals surface area contributed by atoms with Crippen molar-refractivity contribution in [2.45, 2.75) is 66.7 Å². The fraction of sp³-hybridized carbons (Fsp3) is 1.00. The monoisotopic (exact) mass is 485 g/mol. The van der Waals surface area contributed by atoms with Gasteiger partial charge in [-0.3, -0.25) is 0 Å². The normalized spacial score (nSPS) is 63.9. The summed E-state index contributed by atoms with van der Waals surface area (Å²) < 4.78 is 23.6. The predicted octanol–water partition coefficient (Wildman–Crippen LogP) is -2.18. The molecule has 0 radical (unpaired) electrons. The molecule has 194 valence electrons. The van der Waals surface area contributed by atoms with Gasteiger partial charge in [-0.2, -0.15) is 0 Å². The Kier molecular flexibility index (Phi) is 5.02. The second-order valence-corrected chi connectivity index (χ2v) is 12.0. The molecule has 34 heavy (non-hydrogen) atoms. The van der Waals surface area contributed by atoms with Crippen molar-refractivity contribution in [3.8, 4) is 0 Å². The number of fused-ring (bicyclic) bond motifs is 2. The van der Waals surface area contributed by atoms with Gasteiger partial charge >= 0.3 is 0 Å². The van der Waals surface area contributed by atoms with Gasteiger partial charge in [0.25, 0.3) is 0 Å². The highest BCUT2D eigenvalue weighted by molar-refractivity contribution is 5.39. The number of methoxy groups -OCH3 is 4. The van der Waals surface area contributed by atoms with Crippen molar-refractivity contribution in [3.63, 3.8) is 0 Å². The molecule has 0 aromatic rings. The molecule has 0 aromatic carbocycles. The average Bonchev–Trinajstić information content (AvgIpc) is 3.17. The second-order valence-electron chi connectivity index (χ2n) is 12.0. The van der Waals surface area contributed by atoms with Crippen molar-refractivity contribution in [2.75, 3.05) is 48.6 Å². The number of likely N-dealkylation sites (tertiary alicyclic amines) is 1. The number of rotatable bonds is 5. The van der Waals surface area contributed by atoms with E-state index in [0.29, 0.717) is 19.6 Å². The zero-order chi connectivity index (χ0) is 24.6. The molecule has 7 bridgehead atoms. The Balaban J connectivity index is 1.67. The summed E-state index contributed by atoms with van der Waals surface area (Å²) in [6.07, 6.45) is -4.96. The third kappa shape index (κ3) is 2.14. The largest absolute Gasteiger partial charge is 0.392 e. The molecule has 0 amide bonds. The Morgan fingerprint density at radius 3 is 2.24 bits per heavy atom. The highest BCUT2D eigenvalue weighted by Crippen LogP contribution is 2.79. The van der Waals surface area contributed by atoms with Crippen LogP contribution < -0.4 is 0 Å². The van der Waals surface area contributed by atoms with Crippen LogP contribution in [-0.4, -0.2) is 133 Å². The van der Waals surface area contributed by atoms with Gasteiger partial charge in [0.15, 0.2) is 0 Å². The first-order valence-corrected chi connectivity index (χ1v) is 12.3. The molecule has 15 atom stereocenters. The number of hydrogen-bond acceptors (Lipinski definition) is 10. The summed E-state index contributed by atoms with van der Waals surface area (Å²) in [5.74, 6) is -2.05. The van der Waals surface area contributed by atoms with E-state index >= 15 is 0 Å². The second kappa shape index (κ2) is 7.12. The third-order valence-corrected chi connectivity index (χ3v) is 11.4. The smallest absolute Gasteiger partial charge is 0.120 e. The molecule has 6 aliphatic rings. The van der Waals surface area contributed by atoms with Crippen LogP contribution in [0.4, 0.5) is 0 Å². The lowest BCUT2D eigenvalue weighted by atomic mass is 9.42. The molecule has 6 rings (SSSR count). The van der Waals surface area contributed by atoms with Gasteiger partial charge in [-0.1, -0.05) is 0 Å². The number of aliphatic hydroxyl groups is 5. The quantitative estimate of drug-likeness (QED) is 0.292. The van der Waals surface area contributed by atoms with Gasteiger partial charge in [0.05, 0.1) is 31.0 Å². The highest BCUT2D eigenvalue weighted by Gasteiger charge is 2.90. The van der Waals surface area contributed by atoms with Crippen LogP contribution in [0.1, 0.15) is 12.8 Å². The zero-order valence-corrected chi connectivity index (χ0v) is 20.5. The van der Waals surface area contributed by atoms with Crippen LogP contribution in [0.2, 0.25) is 0 Å². The van der Waals surface area contributed by atoms with Crippen LogP contribution in [-0.2, 0) is 18.9 Å². The van der Waals surface area contributed by atoms with Crippen molar-refractivity contribution in [1.82, 2.24) is 4.90 Å². The number of piperidine rings is 1. The molecule has 1 aliphatic heterocycles. The molecule has 1 spiro atoms. The molecule has 1 heterocycles.